The highest BCUT2D eigenvalue weighted by Crippen LogP contribution is 2.10. The van der Waals surface area contributed by atoms with Gasteiger partial charge in [-0.15, -0.1) is 0 Å². The summed E-state index contributed by atoms with van der Waals surface area (Å²) in [5.41, 5.74) is 0.357. The van der Waals surface area contributed by atoms with Crippen LogP contribution in [0.3, 0.4) is 0 Å². The average Bonchev–Trinajstić information content (AvgIpc) is 2.35. The van der Waals surface area contributed by atoms with Gasteiger partial charge in [0, 0.05) is 12.6 Å². The Labute approximate surface area is 107 Å². The SMILES string of the molecule is CCN(CC(=O)NC(C)C)c1cccc(C#N)n1. The van der Waals surface area contributed by atoms with Gasteiger partial charge in [0.1, 0.15) is 17.6 Å². The van der Waals surface area contributed by atoms with E-state index < -0.39 is 0 Å². The maximum atomic E-state index is 11.7. The number of rotatable bonds is 5. The van der Waals surface area contributed by atoms with E-state index in [1.54, 1.807) is 18.2 Å². The summed E-state index contributed by atoms with van der Waals surface area (Å²) >= 11 is 0. The van der Waals surface area contributed by atoms with E-state index in [2.05, 4.69) is 10.3 Å². The monoisotopic (exact) mass is 246 g/mol. The molecule has 0 radical (unpaired) electrons. The lowest BCUT2D eigenvalue weighted by atomic mass is 10.3. The first kappa shape index (κ1) is 14.0. The van der Waals surface area contributed by atoms with Gasteiger partial charge in [0.05, 0.1) is 6.54 Å². The predicted octanol–water partition coefficient (Wildman–Crippen LogP) is 1.30. The van der Waals surface area contributed by atoms with Gasteiger partial charge in [0.15, 0.2) is 0 Å². The molecule has 0 atom stereocenters. The third kappa shape index (κ3) is 4.06. The lowest BCUT2D eigenvalue weighted by Crippen LogP contribution is -2.40. The van der Waals surface area contributed by atoms with Gasteiger partial charge in [-0.1, -0.05) is 6.07 Å². The lowest BCUT2D eigenvalue weighted by molar-refractivity contribution is -0.120. The van der Waals surface area contributed by atoms with Crippen molar-refractivity contribution in [2.45, 2.75) is 26.8 Å². The number of hydrogen-bond acceptors (Lipinski definition) is 4. The average molecular weight is 246 g/mol. The number of amides is 1. The number of pyridine rings is 1. The number of hydrogen-bond donors (Lipinski definition) is 1. The number of nitrogens with one attached hydrogen (secondary N) is 1. The van der Waals surface area contributed by atoms with Gasteiger partial charge in [-0.3, -0.25) is 4.79 Å². The largest absolute Gasteiger partial charge is 0.352 e. The summed E-state index contributed by atoms with van der Waals surface area (Å²) in [6.07, 6.45) is 0. The highest BCUT2D eigenvalue weighted by Gasteiger charge is 2.12. The van der Waals surface area contributed by atoms with Crippen molar-refractivity contribution in [3.8, 4) is 6.07 Å². The molecule has 0 spiro atoms. The Bertz CT molecular complexity index is 451. The van der Waals surface area contributed by atoms with Crippen molar-refractivity contribution < 1.29 is 4.79 Å². The minimum Gasteiger partial charge on any atom is -0.352 e. The third-order valence-electron chi connectivity index (χ3n) is 2.34. The minimum atomic E-state index is -0.0454. The van der Waals surface area contributed by atoms with Crippen LogP contribution in [0.2, 0.25) is 0 Å². The van der Waals surface area contributed by atoms with E-state index in [9.17, 15) is 4.79 Å². The molecule has 5 heteroatoms. The van der Waals surface area contributed by atoms with E-state index in [-0.39, 0.29) is 18.5 Å². The van der Waals surface area contributed by atoms with Crippen molar-refractivity contribution in [3.05, 3.63) is 23.9 Å². The molecule has 1 rings (SSSR count). The zero-order valence-electron chi connectivity index (χ0n) is 11.0. The van der Waals surface area contributed by atoms with E-state index in [4.69, 9.17) is 5.26 Å². The molecule has 18 heavy (non-hydrogen) atoms. The highest BCUT2D eigenvalue weighted by molar-refractivity contribution is 5.81. The molecular formula is C13H18N4O. The van der Waals surface area contributed by atoms with Gasteiger partial charge in [0.25, 0.3) is 0 Å². The van der Waals surface area contributed by atoms with E-state index in [0.717, 1.165) is 0 Å². The van der Waals surface area contributed by atoms with Crippen LogP contribution < -0.4 is 10.2 Å². The van der Waals surface area contributed by atoms with Crippen LogP contribution >= 0.6 is 0 Å². The molecule has 0 fully saturated rings. The second-order valence-corrected chi connectivity index (χ2v) is 4.23. The number of nitrogens with zero attached hydrogens (tertiary/aromatic N) is 3. The first-order valence-electron chi connectivity index (χ1n) is 5.98. The topological polar surface area (TPSA) is 69.0 Å². The fraction of sp³-hybridized carbons (Fsp3) is 0.462. The lowest BCUT2D eigenvalue weighted by Gasteiger charge is -2.22. The number of aromatic nitrogens is 1. The molecule has 0 saturated heterocycles. The van der Waals surface area contributed by atoms with Gasteiger partial charge in [-0.05, 0) is 32.9 Å². The zero-order valence-corrected chi connectivity index (χ0v) is 11.0. The molecule has 1 N–H and O–H groups in total. The van der Waals surface area contributed by atoms with Crippen molar-refractivity contribution in [2.75, 3.05) is 18.0 Å². The second kappa shape index (κ2) is 6.60. The molecule has 1 aromatic heterocycles. The molecule has 0 aliphatic rings. The molecule has 0 aliphatic carbocycles. The Hall–Kier alpha value is -2.09. The smallest absolute Gasteiger partial charge is 0.239 e. The third-order valence-corrected chi connectivity index (χ3v) is 2.34. The van der Waals surface area contributed by atoms with Gasteiger partial charge >= 0.3 is 0 Å². The Kier molecular flexibility index (Phi) is 5.12. The molecule has 1 amide bonds. The summed E-state index contributed by atoms with van der Waals surface area (Å²) < 4.78 is 0. The maximum absolute atomic E-state index is 11.7. The zero-order chi connectivity index (χ0) is 13.5. The molecule has 1 heterocycles. The summed E-state index contributed by atoms with van der Waals surface area (Å²) in [5.74, 6) is 0.603. The number of likely N-dealkylation sites (N-methyl/N-ethyl adjacent to an activating group) is 1. The summed E-state index contributed by atoms with van der Waals surface area (Å²) in [4.78, 5) is 17.7. The number of anilines is 1. The van der Waals surface area contributed by atoms with Crippen LogP contribution in [0.15, 0.2) is 18.2 Å². The first-order valence-corrected chi connectivity index (χ1v) is 5.98. The predicted molar refractivity (Wildman–Crippen MR) is 70.1 cm³/mol. The molecule has 5 nitrogen and oxygen atoms in total. The molecule has 0 unspecified atom stereocenters. The van der Waals surface area contributed by atoms with E-state index in [1.165, 1.54) is 0 Å². The van der Waals surface area contributed by atoms with E-state index >= 15 is 0 Å². The molecule has 0 aromatic carbocycles. The van der Waals surface area contributed by atoms with Gasteiger partial charge < -0.3 is 10.2 Å². The minimum absolute atomic E-state index is 0.0454. The fourth-order valence-electron chi connectivity index (χ4n) is 1.56. The standard InChI is InChI=1S/C13H18N4O/c1-4-17(9-13(18)15-10(2)3)12-7-5-6-11(8-14)16-12/h5-7,10H,4,9H2,1-3H3,(H,15,18). The summed E-state index contributed by atoms with van der Waals surface area (Å²) in [5, 5.41) is 11.6. The summed E-state index contributed by atoms with van der Waals surface area (Å²) in [6.45, 7) is 6.69. The van der Waals surface area contributed by atoms with Gasteiger partial charge in [0.2, 0.25) is 5.91 Å². The highest BCUT2D eigenvalue weighted by atomic mass is 16.2. The Morgan fingerprint density at radius 2 is 2.28 bits per heavy atom. The molecule has 0 bridgehead atoms. The van der Waals surface area contributed by atoms with Crippen LogP contribution in [-0.2, 0) is 4.79 Å². The first-order chi connectivity index (χ1) is 8.56. The maximum Gasteiger partial charge on any atom is 0.239 e. The van der Waals surface area contributed by atoms with Crippen molar-refractivity contribution in [2.24, 2.45) is 0 Å². The Morgan fingerprint density at radius 1 is 1.56 bits per heavy atom. The van der Waals surface area contributed by atoms with Crippen molar-refractivity contribution in [3.63, 3.8) is 0 Å². The number of carbonyl (C=O) groups excluding carboxylic acids is 1. The molecule has 0 saturated carbocycles. The van der Waals surface area contributed by atoms with Crippen molar-refractivity contribution in [1.82, 2.24) is 10.3 Å². The number of carbonyl (C=O) groups is 1. The van der Waals surface area contributed by atoms with E-state index in [0.29, 0.717) is 18.1 Å². The van der Waals surface area contributed by atoms with Crippen molar-refractivity contribution >= 4 is 11.7 Å². The normalized spacial score (nSPS) is 9.94. The molecule has 0 aliphatic heterocycles. The van der Waals surface area contributed by atoms with Crippen molar-refractivity contribution in [1.29, 1.82) is 5.26 Å². The quantitative estimate of drug-likeness (QED) is 0.850. The van der Waals surface area contributed by atoms with E-state index in [1.807, 2.05) is 31.7 Å². The Balaban J connectivity index is 2.77. The second-order valence-electron chi connectivity index (χ2n) is 4.23. The van der Waals surface area contributed by atoms with Crippen LogP contribution in [0.1, 0.15) is 26.5 Å². The molecule has 96 valence electrons. The van der Waals surface area contributed by atoms with Crippen LogP contribution in [-0.4, -0.2) is 30.0 Å². The van der Waals surface area contributed by atoms with Gasteiger partial charge in [-0.25, -0.2) is 4.98 Å². The summed E-state index contributed by atoms with van der Waals surface area (Å²) in [6, 6.07) is 7.32. The van der Waals surface area contributed by atoms with Crippen LogP contribution in [0.25, 0.3) is 0 Å². The molecular weight excluding hydrogens is 228 g/mol. The van der Waals surface area contributed by atoms with Crippen LogP contribution in [0.4, 0.5) is 5.82 Å². The Morgan fingerprint density at radius 3 is 2.83 bits per heavy atom. The fourth-order valence-corrected chi connectivity index (χ4v) is 1.56. The van der Waals surface area contributed by atoms with Gasteiger partial charge in [-0.2, -0.15) is 5.26 Å². The van der Waals surface area contributed by atoms with Crippen LogP contribution in [0, 0.1) is 11.3 Å². The summed E-state index contributed by atoms with van der Waals surface area (Å²) in [7, 11) is 0. The van der Waals surface area contributed by atoms with Crippen LogP contribution in [0.5, 0.6) is 0 Å². The number of nitriles is 1. The molecule has 1 aromatic rings.